The fraction of sp³-hybridized carbons (Fsp3) is 0.438. The molecule has 1 aliphatic carbocycles. The minimum atomic E-state index is -5.08. The lowest BCUT2D eigenvalue weighted by Gasteiger charge is -2.26. The lowest BCUT2D eigenvalue weighted by Crippen LogP contribution is -2.40. The van der Waals surface area contributed by atoms with E-state index in [1.54, 1.807) is 6.07 Å². The molecule has 3 rings (SSSR count). The van der Waals surface area contributed by atoms with Gasteiger partial charge in [-0.1, -0.05) is 11.6 Å². The van der Waals surface area contributed by atoms with E-state index in [-0.39, 0.29) is 18.0 Å². The summed E-state index contributed by atoms with van der Waals surface area (Å²) in [6.07, 6.45) is -1.24. The van der Waals surface area contributed by atoms with Crippen LogP contribution in [-0.4, -0.2) is 40.2 Å². The molecule has 1 amide bonds. The molecule has 148 valence electrons. The molecule has 0 radical (unpaired) electrons. The van der Waals surface area contributed by atoms with Gasteiger partial charge in [0.25, 0.3) is 5.91 Å². The number of carbonyl (C=O) groups is 2. The van der Waals surface area contributed by atoms with Gasteiger partial charge in [-0.3, -0.25) is 4.79 Å². The van der Waals surface area contributed by atoms with Gasteiger partial charge in [0.1, 0.15) is 0 Å². The van der Waals surface area contributed by atoms with E-state index in [4.69, 9.17) is 27.2 Å². The Morgan fingerprint density at radius 2 is 1.85 bits per heavy atom. The topological polar surface area (TPSA) is 105 Å². The predicted octanol–water partition coefficient (Wildman–Crippen LogP) is 3.58. The summed E-state index contributed by atoms with van der Waals surface area (Å²) in [7, 11) is 0. The van der Waals surface area contributed by atoms with Crippen LogP contribution in [0.3, 0.4) is 0 Å². The Labute approximate surface area is 161 Å². The first-order valence-electron chi connectivity index (χ1n) is 7.99. The maximum absolute atomic E-state index is 12.2. The van der Waals surface area contributed by atoms with E-state index in [0.29, 0.717) is 10.0 Å². The van der Waals surface area contributed by atoms with Crippen LogP contribution in [-0.2, 0) is 4.79 Å². The van der Waals surface area contributed by atoms with Gasteiger partial charge in [-0.15, -0.1) is 11.3 Å². The molecule has 1 heterocycles. The summed E-state index contributed by atoms with van der Waals surface area (Å²) in [5, 5.41) is 11.3. The van der Waals surface area contributed by atoms with E-state index in [9.17, 15) is 18.0 Å². The van der Waals surface area contributed by atoms with E-state index in [1.807, 2.05) is 12.1 Å². The highest BCUT2D eigenvalue weighted by atomic mass is 35.5. The van der Waals surface area contributed by atoms with Crippen molar-refractivity contribution in [1.29, 1.82) is 0 Å². The lowest BCUT2D eigenvalue weighted by molar-refractivity contribution is -0.192. The van der Waals surface area contributed by atoms with Crippen LogP contribution in [0.5, 0.6) is 0 Å². The third-order valence-corrected chi connectivity index (χ3v) is 5.15. The van der Waals surface area contributed by atoms with Crippen LogP contribution in [0.15, 0.2) is 18.2 Å². The average Bonchev–Trinajstić information content (AvgIpc) is 3.00. The molecule has 0 bridgehead atoms. The summed E-state index contributed by atoms with van der Waals surface area (Å²) in [4.78, 5) is 25.5. The Hall–Kier alpha value is -1.91. The molecule has 2 aromatic rings. The number of thiazole rings is 1. The number of rotatable bonds is 2. The van der Waals surface area contributed by atoms with Crippen LogP contribution in [0.25, 0.3) is 10.2 Å². The quantitative estimate of drug-likeness (QED) is 0.684. The van der Waals surface area contributed by atoms with E-state index in [0.717, 1.165) is 35.9 Å². The smallest absolute Gasteiger partial charge is 0.475 e. The second-order valence-electron chi connectivity index (χ2n) is 6.02. The van der Waals surface area contributed by atoms with E-state index < -0.39 is 12.1 Å². The number of nitrogens with zero attached hydrogens (tertiary/aromatic N) is 1. The first-order chi connectivity index (χ1) is 12.6. The van der Waals surface area contributed by atoms with Gasteiger partial charge in [0.05, 0.1) is 10.2 Å². The second kappa shape index (κ2) is 8.85. The Bertz CT molecular complexity index is 820. The van der Waals surface area contributed by atoms with Gasteiger partial charge in [-0.2, -0.15) is 13.2 Å². The molecule has 4 N–H and O–H groups in total. The number of aromatic nitrogens is 1. The summed E-state index contributed by atoms with van der Waals surface area (Å²) >= 11 is 7.32. The molecule has 11 heteroatoms. The fourth-order valence-corrected chi connectivity index (χ4v) is 3.65. The molecule has 1 fully saturated rings. The van der Waals surface area contributed by atoms with Gasteiger partial charge in [0, 0.05) is 17.1 Å². The molecule has 6 nitrogen and oxygen atoms in total. The van der Waals surface area contributed by atoms with Gasteiger partial charge in [0.15, 0.2) is 5.01 Å². The Morgan fingerprint density at radius 3 is 2.41 bits per heavy atom. The van der Waals surface area contributed by atoms with Crippen molar-refractivity contribution in [2.45, 2.75) is 43.9 Å². The Balaban J connectivity index is 0.000000321. The minimum Gasteiger partial charge on any atom is -0.475 e. The fourth-order valence-electron chi connectivity index (χ4n) is 2.51. The zero-order valence-corrected chi connectivity index (χ0v) is 15.5. The molecular weight excluding hydrogens is 407 g/mol. The molecule has 0 atom stereocenters. The number of halogens is 4. The third-order valence-electron chi connectivity index (χ3n) is 3.89. The first-order valence-corrected chi connectivity index (χ1v) is 9.18. The highest BCUT2D eigenvalue weighted by Crippen LogP contribution is 2.25. The molecule has 0 saturated heterocycles. The zero-order chi connectivity index (χ0) is 20.2. The number of benzene rings is 1. The summed E-state index contributed by atoms with van der Waals surface area (Å²) in [5.41, 5.74) is 6.68. The summed E-state index contributed by atoms with van der Waals surface area (Å²) in [6, 6.07) is 5.97. The van der Waals surface area contributed by atoms with Gasteiger partial charge in [-0.25, -0.2) is 9.78 Å². The van der Waals surface area contributed by atoms with Crippen molar-refractivity contribution in [1.82, 2.24) is 10.3 Å². The Kier molecular flexibility index (Phi) is 7.01. The van der Waals surface area contributed by atoms with Crippen molar-refractivity contribution in [3.05, 3.63) is 28.2 Å². The third kappa shape index (κ3) is 6.33. The standard InChI is InChI=1S/C14H16ClN3OS.C2HF3O2/c15-8-1-6-11-12(7-8)20-14(18-11)13(19)17-10-4-2-9(16)3-5-10;3-2(4,5)1(6)7/h1,6-7,9-10H,2-5,16H2,(H,17,19);(H,6,7). The van der Waals surface area contributed by atoms with E-state index in [2.05, 4.69) is 10.3 Å². The minimum absolute atomic E-state index is 0.0946. The van der Waals surface area contributed by atoms with Gasteiger partial charge in [-0.05, 0) is 43.9 Å². The van der Waals surface area contributed by atoms with Gasteiger partial charge < -0.3 is 16.2 Å². The normalized spacial score (nSPS) is 19.9. The summed E-state index contributed by atoms with van der Waals surface area (Å²) in [6.45, 7) is 0. The number of aliphatic carboxylic acids is 1. The molecule has 1 aliphatic rings. The molecule has 0 aliphatic heterocycles. The molecule has 1 aromatic heterocycles. The number of hydrogen-bond acceptors (Lipinski definition) is 5. The zero-order valence-electron chi connectivity index (χ0n) is 13.9. The number of carbonyl (C=O) groups excluding carboxylic acids is 1. The number of nitrogens with two attached hydrogens (primary N) is 1. The van der Waals surface area contributed by atoms with Crippen LogP contribution in [0.1, 0.15) is 35.5 Å². The largest absolute Gasteiger partial charge is 0.490 e. The van der Waals surface area contributed by atoms with Crippen LogP contribution >= 0.6 is 22.9 Å². The maximum atomic E-state index is 12.2. The highest BCUT2D eigenvalue weighted by Gasteiger charge is 2.38. The number of fused-ring (bicyclic) bond motifs is 1. The number of carboxylic acid groups (broad SMARTS) is 1. The average molecular weight is 424 g/mol. The number of carboxylic acids is 1. The molecular formula is C16H17ClF3N3O3S. The van der Waals surface area contributed by atoms with E-state index >= 15 is 0 Å². The predicted molar refractivity (Wildman–Crippen MR) is 96.0 cm³/mol. The highest BCUT2D eigenvalue weighted by molar-refractivity contribution is 7.20. The number of amides is 1. The molecule has 27 heavy (non-hydrogen) atoms. The lowest BCUT2D eigenvalue weighted by atomic mass is 9.92. The van der Waals surface area contributed by atoms with Crippen molar-refractivity contribution in [2.24, 2.45) is 5.73 Å². The molecule has 0 unspecified atom stereocenters. The summed E-state index contributed by atoms with van der Waals surface area (Å²) < 4.78 is 32.7. The second-order valence-corrected chi connectivity index (χ2v) is 7.49. The van der Waals surface area contributed by atoms with Crippen LogP contribution in [0.4, 0.5) is 13.2 Å². The molecule has 1 saturated carbocycles. The monoisotopic (exact) mass is 423 g/mol. The number of hydrogen-bond donors (Lipinski definition) is 3. The number of nitrogens with one attached hydrogen (secondary N) is 1. The van der Waals surface area contributed by atoms with Crippen LogP contribution < -0.4 is 11.1 Å². The SMILES string of the molecule is NC1CCC(NC(=O)c2nc3ccc(Cl)cc3s2)CC1.O=C(O)C(F)(F)F. The van der Waals surface area contributed by atoms with Crippen molar-refractivity contribution < 1.29 is 27.9 Å². The van der Waals surface area contributed by atoms with Crippen LogP contribution in [0, 0.1) is 0 Å². The van der Waals surface area contributed by atoms with Crippen molar-refractivity contribution in [2.75, 3.05) is 0 Å². The van der Waals surface area contributed by atoms with Gasteiger partial charge >= 0.3 is 12.1 Å². The van der Waals surface area contributed by atoms with Crippen LogP contribution in [0.2, 0.25) is 5.02 Å². The van der Waals surface area contributed by atoms with Crippen molar-refractivity contribution in [3.8, 4) is 0 Å². The van der Waals surface area contributed by atoms with Gasteiger partial charge in [0.2, 0.25) is 0 Å². The van der Waals surface area contributed by atoms with Crippen molar-refractivity contribution >= 4 is 45.0 Å². The molecule has 0 spiro atoms. The summed E-state index contributed by atoms with van der Waals surface area (Å²) in [5.74, 6) is -2.85. The maximum Gasteiger partial charge on any atom is 0.490 e. The Morgan fingerprint density at radius 1 is 1.26 bits per heavy atom. The number of alkyl halides is 3. The first kappa shape index (κ1) is 21.4. The van der Waals surface area contributed by atoms with Crippen molar-refractivity contribution in [3.63, 3.8) is 0 Å². The van der Waals surface area contributed by atoms with E-state index in [1.165, 1.54) is 11.3 Å². The molecule has 1 aromatic carbocycles.